The Morgan fingerprint density at radius 2 is 2.44 bits per heavy atom. The number of methoxy groups -OCH3 is 1. The van der Waals surface area contributed by atoms with Crippen LogP contribution in [0.4, 0.5) is 0 Å². The molecular weight excluding hydrogens is 268 g/mol. The zero-order chi connectivity index (χ0) is 12.4. The predicted molar refractivity (Wildman–Crippen MR) is 69.9 cm³/mol. The van der Waals surface area contributed by atoms with Gasteiger partial charge in [-0.15, -0.1) is 11.3 Å². The Hall–Kier alpha value is -1.44. The van der Waals surface area contributed by atoms with Crippen LogP contribution in [0.2, 0.25) is 0 Å². The summed E-state index contributed by atoms with van der Waals surface area (Å²) in [4.78, 5) is 8.50. The first-order chi connectivity index (χ1) is 8.86. The Labute approximate surface area is 112 Å². The van der Waals surface area contributed by atoms with E-state index in [-0.39, 0.29) is 0 Å². The van der Waals surface area contributed by atoms with E-state index in [0.29, 0.717) is 12.4 Å². The SMILES string of the molecule is COCc1cc(Sc2cccs2)n2ncnc2n1. The average molecular weight is 278 g/mol. The average Bonchev–Trinajstić information content (AvgIpc) is 2.99. The van der Waals surface area contributed by atoms with Gasteiger partial charge < -0.3 is 4.74 Å². The van der Waals surface area contributed by atoms with Crippen molar-refractivity contribution in [2.75, 3.05) is 7.11 Å². The van der Waals surface area contributed by atoms with Gasteiger partial charge in [0.05, 0.1) is 16.5 Å². The molecule has 3 aromatic heterocycles. The molecule has 18 heavy (non-hydrogen) atoms. The molecule has 0 aliphatic rings. The van der Waals surface area contributed by atoms with Crippen molar-refractivity contribution in [3.63, 3.8) is 0 Å². The van der Waals surface area contributed by atoms with E-state index in [9.17, 15) is 0 Å². The molecule has 0 amide bonds. The molecule has 0 atom stereocenters. The number of nitrogens with zero attached hydrogens (tertiary/aromatic N) is 4. The molecule has 0 saturated carbocycles. The lowest BCUT2D eigenvalue weighted by Crippen LogP contribution is -2.00. The molecule has 0 unspecified atom stereocenters. The molecule has 7 heteroatoms. The lowest BCUT2D eigenvalue weighted by Gasteiger charge is -2.05. The van der Waals surface area contributed by atoms with Crippen LogP contribution >= 0.6 is 23.1 Å². The summed E-state index contributed by atoms with van der Waals surface area (Å²) >= 11 is 3.35. The van der Waals surface area contributed by atoms with E-state index in [1.165, 1.54) is 10.5 Å². The largest absolute Gasteiger partial charge is 0.378 e. The predicted octanol–water partition coefficient (Wildman–Crippen LogP) is 2.48. The Morgan fingerprint density at radius 3 is 3.22 bits per heavy atom. The minimum atomic E-state index is 0.474. The second kappa shape index (κ2) is 5.05. The molecule has 0 spiro atoms. The molecule has 0 bridgehead atoms. The van der Waals surface area contributed by atoms with Gasteiger partial charge in [0.2, 0.25) is 0 Å². The Balaban J connectivity index is 2.04. The number of rotatable bonds is 4. The van der Waals surface area contributed by atoms with Crippen molar-refractivity contribution < 1.29 is 4.74 Å². The van der Waals surface area contributed by atoms with Crippen LogP contribution < -0.4 is 0 Å². The Kier molecular flexibility index (Phi) is 3.26. The van der Waals surface area contributed by atoms with Crippen LogP contribution in [0.15, 0.2) is 39.1 Å². The normalized spacial score (nSPS) is 11.2. The maximum Gasteiger partial charge on any atom is 0.253 e. The van der Waals surface area contributed by atoms with Crippen molar-refractivity contribution in [2.24, 2.45) is 0 Å². The highest BCUT2D eigenvalue weighted by atomic mass is 32.2. The summed E-state index contributed by atoms with van der Waals surface area (Å²) in [5.74, 6) is 0.601. The molecule has 0 radical (unpaired) electrons. The van der Waals surface area contributed by atoms with E-state index in [4.69, 9.17) is 4.74 Å². The van der Waals surface area contributed by atoms with Gasteiger partial charge in [0.1, 0.15) is 11.4 Å². The standard InChI is InChI=1S/C11H10N4OS2/c1-16-6-8-5-9(18-10-3-2-4-17-10)15-11(14-8)12-7-13-15/h2-5,7H,6H2,1H3. The van der Waals surface area contributed by atoms with Crippen LogP contribution in [0.1, 0.15) is 5.69 Å². The molecule has 0 aliphatic carbocycles. The van der Waals surface area contributed by atoms with Crippen molar-refractivity contribution in [3.8, 4) is 0 Å². The Morgan fingerprint density at radius 1 is 1.50 bits per heavy atom. The Bertz CT molecular complexity index is 650. The molecule has 5 nitrogen and oxygen atoms in total. The van der Waals surface area contributed by atoms with E-state index >= 15 is 0 Å². The van der Waals surface area contributed by atoms with Crippen LogP contribution in [0.5, 0.6) is 0 Å². The van der Waals surface area contributed by atoms with Gasteiger partial charge in [-0.2, -0.15) is 14.6 Å². The van der Waals surface area contributed by atoms with Crippen molar-refractivity contribution in [3.05, 3.63) is 35.6 Å². The molecule has 3 aromatic rings. The quantitative estimate of drug-likeness (QED) is 0.686. The van der Waals surface area contributed by atoms with Gasteiger partial charge in [-0.05, 0) is 17.5 Å². The van der Waals surface area contributed by atoms with E-state index in [1.54, 1.807) is 34.7 Å². The van der Waals surface area contributed by atoms with Crippen LogP contribution in [0, 0.1) is 0 Å². The molecule has 0 aromatic carbocycles. The van der Waals surface area contributed by atoms with Crippen molar-refractivity contribution in [1.82, 2.24) is 19.6 Å². The summed E-state index contributed by atoms with van der Waals surface area (Å²) in [7, 11) is 1.65. The minimum absolute atomic E-state index is 0.474. The highest BCUT2D eigenvalue weighted by molar-refractivity contribution is 8.01. The van der Waals surface area contributed by atoms with E-state index in [0.717, 1.165) is 10.7 Å². The topological polar surface area (TPSA) is 52.3 Å². The second-order valence-corrected chi connectivity index (χ2v) is 5.79. The molecule has 92 valence electrons. The van der Waals surface area contributed by atoms with Crippen molar-refractivity contribution >= 4 is 28.9 Å². The third-order valence-corrected chi connectivity index (χ3v) is 4.30. The first kappa shape index (κ1) is 11.6. The summed E-state index contributed by atoms with van der Waals surface area (Å²) in [5, 5.41) is 7.23. The zero-order valence-electron chi connectivity index (χ0n) is 9.61. The van der Waals surface area contributed by atoms with E-state index < -0.39 is 0 Å². The number of fused-ring (bicyclic) bond motifs is 1. The molecule has 0 aliphatic heterocycles. The van der Waals surface area contributed by atoms with Crippen LogP contribution in [0.3, 0.4) is 0 Å². The van der Waals surface area contributed by atoms with E-state index in [2.05, 4.69) is 26.5 Å². The van der Waals surface area contributed by atoms with Gasteiger partial charge in [-0.3, -0.25) is 0 Å². The molecule has 0 fully saturated rings. The number of thiophene rings is 1. The first-order valence-corrected chi connectivity index (χ1v) is 6.96. The van der Waals surface area contributed by atoms with Crippen LogP contribution in [0.25, 0.3) is 5.78 Å². The van der Waals surface area contributed by atoms with Gasteiger partial charge in [-0.25, -0.2) is 4.98 Å². The molecule has 3 heterocycles. The smallest absolute Gasteiger partial charge is 0.253 e. The number of ether oxygens (including phenoxy) is 1. The summed E-state index contributed by atoms with van der Waals surface area (Å²) in [6.45, 7) is 0.474. The second-order valence-electron chi connectivity index (χ2n) is 3.52. The maximum atomic E-state index is 5.12. The van der Waals surface area contributed by atoms with Gasteiger partial charge >= 0.3 is 0 Å². The summed E-state index contributed by atoms with van der Waals surface area (Å²) < 4.78 is 8.07. The summed E-state index contributed by atoms with van der Waals surface area (Å²) in [6, 6.07) is 6.09. The third-order valence-electron chi connectivity index (χ3n) is 2.26. The number of aromatic nitrogens is 4. The maximum absolute atomic E-state index is 5.12. The van der Waals surface area contributed by atoms with Crippen molar-refractivity contribution in [1.29, 1.82) is 0 Å². The van der Waals surface area contributed by atoms with Crippen molar-refractivity contribution in [2.45, 2.75) is 15.8 Å². The number of hydrogen-bond donors (Lipinski definition) is 0. The minimum Gasteiger partial charge on any atom is -0.378 e. The zero-order valence-corrected chi connectivity index (χ0v) is 11.2. The van der Waals surface area contributed by atoms with Gasteiger partial charge in [0.25, 0.3) is 5.78 Å². The molecule has 0 saturated heterocycles. The fourth-order valence-corrected chi connectivity index (χ4v) is 3.38. The molecule has 0 N–H and O–H groups in total. The molecular formula is C11H10N4OS2. The fourth-order valence-electron chi connectivity index (χ4n) is 1.55. The monoisotopic (exact) mass is 278 g/mol. The molecule has 3 rings (SSSR count). The number of hydrogen-bond acceptors (Lipinski definition) is 6. The van der Waals surface area contributed by atoms with Gasteiger partial charge in [0.15, 0.2) is 0 Å². The first-order valence-electron chi connectivity index (χ1n) is 5.27. The summed E-state index contributed by atoms with van der Waals surface area (Å²) in [6.07, 6.45) is 1.51. The highest BCUT2D eigenvalue weighted by Crippen LogP contribution is 2.31. The lowest BCUT2D eigenvalue weighted by molar-refractivity contribution is 0.181. The van der Waals surface area contributed by atoms with E-state index in [1.807, 2.05) is 12.1 Å². The summed E-state index contributed by atoms with van der Waals surface area (Å²) in [5.41, 5.74) is 0.858. The highest BCUT2D eigenvalue weighted by Gasteiger charge is 2.09. The third kappa shape index (κ3) is 2.24. The van der Waals surface area contributed by atoms with Gasteiger partial charge in [-0.1, -0.05) is 17.8 Å². The van der Waals surface area contributed by atoms with Crippen LogP contribution in [-0.4, -0.2) is 26.7 Å². The van der Waals surface area contributed by atoms with Gasteiger partial charge in [0, 0.05) is 7.11 Å². The van der Waals surface area contributed by atoms with Crippen LogP contribution in [-0.2, 0) is 11.3 Å². The fraction of sp³-hybridized carbons (Fsp3) is 0.182. The lowest BCUT2D eigenvalue weighted by atomic mass is 10.4.